The average molecular weight is 334 g/mol. The van der Waals surface area contributed by atoms with Crippen molar-refractivity contribution in [3.63, 3.8) is 0 Å². The van der Waals surface area contributed by atoms with Gasteiger partial charge in [0.25, 0.3) is 0 Å². The molecule has 2 atom stereocenters. The molecule has 2 rings (SSSR count). The smallest absolute Gasteiger partial charge is 0.322 e. The molecule has 1 fully saturated rings. The number of rotatable bonds is 4. The Morgan fingerprint density at radius 3 is 2.71 bits per heavy atom. The molecule has 9 heteroatoms. The van der Waals surface area contributed by atoms with Crippen LogP contribution >= 0.6 is 11.8 Å². The van der Waals surface area contributed by atoms with Crippen molar-refractivity contribution in [2.24, 2.45) is 5.92 Å². The molecular weight excluding hydrogens is 319 g/mol. The van der Waals surface area contributed by atoms with Gasteiger partial charge in [0.05, 0.1) is 11.6 Å². The standard InChI is InChI=1S/C12H15FN2O4S2/c1-7(2)11-15(10(6-20-11)12(16)17)21(18,19)9-3-8(13)4-14-5-9/h3-5,7,10-11H,6H2,1-2H3,(H,16,17). The fourth-order valence-electron chi connectivity index (χ4n) is 2.14. The SMILES string of the molecule is CC(C)C1SCC(C(=O)O)N1S(=O)(=O)c1cncc(F)c1. The Morgan fingerprint density at radius 1 is 1.52 bits per heavy atom. The molecule has 2 unspecified atom stereocenters. The van der Waals surface area contributed by atoms with Crippen LogP contribution in [0.25, 0.3) is 0 Å². The highest BCUT2D eigenvalue weighted by Gasteiger charge is 2.47. The summed E-state index contributed by atoms with van der Waals surface area (Å²) in [5.74, 6) is -1.90. The lowest BCUT2D eigenvalue weighted by molar-refractivity contribution is -0.140. The van der Waals surface area contributed by atoms with Gasteiger partial charge >= 0.3 is 5.97 Å². The lowest BCUT2D eigenvalue weighted by Gasteiger charge is -2.28. The van der Waals surface area contributed by atoms with Crippen molar-refractivity contribution in [1.29, 1.82) is 0 Å². The number of thioether (sulfide) groups is 1. The third kappa shape index (κ3) is 3.04. The first-order valence-electron chi connectivity index (χ1n) is 6.23. The van der Waals surface area contributed by atoms with Gasteiger partial charge in [0, 0.05) is 11.9 Å². The van der Waals surface area contributed by atoms with Crippen LogP contribution in [0.4, 0.5) is 4.39 Å². The highest BCUT2D eigenvalue weighted by molar-refractivity contribution is 8.01. The summed E-state index contributed by atoms with van der Waals surface area (Å²) in [6.45, 7) is 3.63. The van der Waals surface area contributed by atoms with Crippen LogP contribution in [-0.4, -0.2) is 46.0 Å². The predicted molar refractivity (Wildman–Crippen MR) is 75.7 cm³/mol. The van der Waals surface area contributed by atoms with Gasteiger partial charge in [-0.1, -0.05) is 13.8 Å². The van der Waals surface area contributed by atoms with E-state index in [9.17, 15) is 22.7 Å². The van der Waals surface area contributed by atoms with Gasteiger partial charge in [0.15, 0.2) is 0 Å². The van der Waals surface area contributed by atoms with E-state index in [1.54, 1.807) is 0 Å². The molecule has 116 valence electrons. The maximum absolute atomic E-state index is 13.2. The molecule has 0 aromatic carbocycles. The molecule has 1 saturated heterocycles. The number of sulfonamides is 1. The van der Waals surface area contributed by atoms with E-state index in [0.717, 1.165) is 22.8 Å². The van der Waals surface area contributed by atoms with Gasteiger partial charge in [-0.2, -0.15) is 4.31 Å². The highest BCUT2D eigenvalue weighted by atomic mass is 32.2. The first kappa shape index (κ1) is 16.2. The van der Waals surface area contributed by atoms with Gasteiger partial charge in [0.2, 0.25) is 10.0 Å². The second-order valence-electron chi connectivity index (χ2n) is 5.00. The average Bonchev–Trinajstić information content (AvgIpc) is 2.84. The predicted octanol–water partition coefficient (Wildman–Crippen LogP) is 1.39. The first-order valence-corrected chi connectivity index (χ1v) is 8.72. The number of hydrogen-bond acceptors (Lipinski definition) is 5. The van der Waals surface area contributed by atoms with Gasteiger partial charge in [-0.05, 0) is 12.0 Å². The third-order valence-electron chi connectivity index (χ3n) is 3.09. The number of halogens is 1. The Balaban J connectivity index is 2.50. The number of pyridine rings is 1. The molecule has 2 heterocycles. The Morgan fingerprint density at radius 2 is 2.19 bits per heavy atom. The van der Waals surface area contributed by atoms with Crippen LogP contribution in [0, 0.1) is 11.7 Å². The summed E-state index contributed by atoms with van der Waals surface area (Å²) < 4.78 is 39.5. The summed E-state index contributed by atoms with van der Waals surface area (Å²) in [7, 11) is -4.12. The maximum Gasteiger partial charge on any atom is 0.322 e. The minimum absolute atomic E-state index is 0.0735. The molecule has 1 N–H and O–H groups in total. The number of carbonyl (C=O) groups is 1. The van der Waals surface area contributed by atoms with Crippen molar-refractivity contribution < 1.29 is 22.7 Å². The monoisotopic (exact) mass is 334 g/mol. The fraction of sp³-hybridized carbons (Fsp3) is 0.500. The minimum Gasteiger partial charge on any atom is -0.480 e. The van der Waals surface area contributed by atoms with Crippen LogP contribution < -0.4 is 0 Å². The van der Waals surface area contributed by atoms with Gasteiger partial charge < -0.3 is 5.11 Å². The third-order valence-corrected chi connectivity index (χ3v) is 6.70. The number of nitrogens with zero attached hydrogens (tertiary/aromatic N) is 2. The van der Waals surface area contributed by atoms with Crippen molar-refractivity contribution in [1.82, 2.24) is 9.29 Å². The minimum atomic E-state index is -4.12. The molecule has 0 radical (unpaired) electrons. The van der Waals surface area contributed by atoms with Gasteiger partial charge in [-0.3, -0.25) is 9.78 Å². The quantitative estimate of drug-likeness (QED) is 0.895. The van der Waals surface area contributed by atoms with Gasteiger partial charge in [-0.25, -0.2) is 12.8 Å². The van der Waals surface area contributed by atoms with E-state index < -0.39 is 33.2 Å². The number of carboxylic acids is 1. The summed E-state index contributed by atoms with van der Waals surface area (Å²) in [4.78, 5) is 14.5. The molecule has 0 aliphatic carbocycles. The zero-order valence-electron chi connectivity index (χ0n) is 11.4. The first-order chi connectivity index (χ1) is 9.75. The summed E-state index contributed by atoms with van der Waals surface area (Å²) in [6, 6.07) is -0.308. The summed E-state index contributed by atoms with van der Waals surface area (Å²) in [5.41, 5.74) is 0. The number of carboxylic acid groups (broad SMARTS) is 1. The summed E-state index contributed by atoms with van der Waals surface area (Å²) in [5, 5.41) is 8.74. The van der Waals surface area contributed by atoms with Crippen LogP contribution in [0.5, 0.6) is 0 Å². The molecule has 1 aromatic heterocycles. The molecule has 1 aliphatic rings. The van der Waals surface area contributed by atoms with Gasteiger partial charge in [-0.15, -0.1) is 11.8 Å². The van der Waals surface area contributed by atoms with E-state index in [4.69, 9.17) is 0 Å². The fourth-order valence-corrected chi connectivity index (χ4v) is 5.83. The molecule has 0 bridgehead atoms. The van der Waals surface area contributed by atoms with E-state index in [-0.39, 0.29) is 16.6 Å². The lowest BCUT2D eigenvalue weighted by atomic mass is 10.2. The molecule has 0 spiro atoms. The van der Waals surface area contributed by atoms with E-state index in [1.165, 1.54) is 11.8 Å². The van der Waals surface area contributed by atoms with Crippen LogP contribution in [0.2, 0.25) is 0 Å². The maximum atomic E-state index is 13.2. The molecule has 21 heavy (non-hydrogen) atoms. The van der Waals surface area contributed by atoms with Gasteiger partial charge in [0.1, 0.15) is 16.8 Å². The summed E-state index contributed by atoms with van der Waals surface area (Å²) in [6.07, 6.45) is 1.92. The normalized spacial score (nSPS) is 23.6. The van der Waals surface area contributed by atoms with E-state index >= 15 is 0 Å². The highest BCUT2D eigenvalue weighted by Crippen LogP contribution is 2.38. The molecule has 0 amide bonds. The van der Waals surface area contributed by atoms with E-state index in [1.807, 2.05) is 13.8 Å². The topological polar surface area (TPSA) is 87.6 Å². The van der Waals surface area contributed by atoms with Crippen molar-refractivity contribution in [3.8, 4) is 0 Å². The number of hydrogen-bond donors (Lipinski definition) is 1. The van der Waals surface area contributed by atoms with Crippen molar-refractivity contribution in [2.75, 3.05) is 5.75 Å². The molecule has 1 aliphatic heterocycles. The van der Waals surface area contributed by atoms with E-state index in [2.05, 4.69) is 4.98 Å². The zero-order chi connectivity index (χ0) is 15.8. The molecule has 1 aromatic rings. The molecule has 6 nitrogen and oxygen atoms in total. The molecule has 0 saturated carbocycles. The Hall–Kier alpha value is -1.19. The van der Waals surface area contributed by atoms with Crippen LogP contribution in [-0.2, 0) is 14.8 Å². The van der Waals surface area contributed by atoms with Crippen LogP contribution in [0.1, 0.15) is 13.8 Å². The Labute approximate surface area is 126 Å². The molecular formula is C12H15FN2O4S2. The summed E-state index contributed by atoms with van der Waals surface area (Å²) >= 11 is 1.27. The Bertz CT molecular complexity index is 650. The van der Waals surface area contributed by atoms with Crippen LogP contribution in [0.15, 0.2) is 23.4 Å². The number of aliphatic carboxylic acids is 1. The zero-order valence-corrected chi connectivity index (χ0v) is 13.1. The second kappa shape index (κ2) is 5.90. The second-order valence-corrected chi connectivity index (χ2v) is 7.99. The lowest BCUT2D eigenvalue weighted by Crippen LogP contribution is -2.47. The van der Waals surface area contributed by atoms with Crippen LogP contribution in [0.3, 0.4) is 0 Å². The van der Waals surface area contributed by atoms with Crippen molar-refractivity contribution >= 4 is 27.8 Å². The Kier molecular flexibility index (Phi) is 4.54. The largest absolute Gasteiger partial charge is 0.480 e. The van der Waals surface area contributed by atoms with Crippen molar-refractivity contribution in [2.45, 2.75) is 30.2 Å². The number of aromatic nitrogens is 1. The van der Waals surface area contributed by atoms with E-state index in [0.29, 0.717) is 0 Å². The van der Waals surface area contributed by atoms with Crippen molar-refractivity contribution in [3.05, 3.63) is 24.3 Å².